The Bertz CT molecular complexity index is 532. The maximum absolute atomic E-state index is 10.4. The molecule has 1 N–H and O–H groups in total. The highest BCUT2D eigenvalue weighted by Gasteiger charge is 2.49. The fourth-order valence-corrected chi connectivity index (χ4v) is 18.0. The van der Waals surface area contributed by atoms with Gasteiger partial charge in [-0.2, -0.15) is 0 Å². The van der Waals surface area contributed by atoms with Gasteiger partial charge in [-0.05, 0) is 91.4 Å². The molecule has 0 heterocycles. The van der Waals surface area contributed by atoms with Crippen LogP contribution >= 0.6 is 0 Å². The first-order valence-corrected chi connectivity index (χ1v) is 27.9. The highest BCUT2D eigenvalue weighted by molar-refractivity contribution is 6.86. The molecular formula is C19H51O7Si6. The van der Waals surface area contributed by atoms with E-state index in [1.807, 2.05) is 0 Å². The predicted molar refractivity (Wildman–Crippen MR) is 149 cm³/mol. The van der Waals surface area contributed by atoms with Gasteiger partial charge in [-0.3, -0.25) is 0 Å². The lowest BCUT2D eigenvalue weighted by Crippen LogP contribution is -2.57. The number of rotatable bonds is 16. The molecule has 0 aliphatic heterocycles. The van der Waals surface area contributed by atoms with Crippen molar-refractivity contribution >= 4 is 52.6 Å². The maximum Gasteiger partial charge on any atom is 0.468 e. The maximum atomic E-state index is 10.4. The van der Waals surface area contributed by atoms with Crippen molar-refractivity contribution in [2.75, 3.05) is 13.7 Å². The lowest BCUT2D eigenvalue weighted by atomic mass is 10.1. The Kier molecular flexibility index (Phi) is 12.7. The lowest BCUT2D eigenvalue weighted by molar-refractivity contribution is -0.208. The molecule has 0 saturated carbocycles. The molecule has 0 fully saturated rings. The average molecular weight is 560 g/mol. The summed E-state index contributed by atoms with van der Waals surface area (Å²) in [7, 11) is -8.41. The van der Waals surface area contributed by atoms with Gasteiger partial charge in [0.25, 0.3) is 0 Å². The second-order valence-electron chi connectivity index (χ2n) is 12.1. The van der Waals surface area contributed by atoms with Crippen LogP contribution in [-0.4, -0.2) is 77.2 Å². The van der Waals surface area contributed by atoms with E-state index in [-0.39, 0.29) is 6.61 Å². The number of methoxy groups -OCH3 is 1. The summed E-state index contributed by atoms with van der Waals surface area (Å²) in [5.74, 6) is -1.25. The van der Waals surface area contributed by atoms with Gasteiger partial charge in [0.1, 0.15) is 16.6 Å². The Balaban J connectivity index is 5.85. The first-order chi connectivity index (χ1) is 14.1. The minimum absolute atomic E-state index is 0.288. The molecule has 0 aromatic carbocycles. The zero-order chi connectivity index (χ0) is 25.6. The van der Waals surface area contributed by atoms with Crippen LogP contribution in [0.4, 0.5) is 0 Å². The van der Waals surface area contributed by atoms with Crippen molar-refractivity contribution in [2.24, 2.45) is 0 Å². The van der Waals surface area contributed by atoms with Crippen LogP contribution in [0.15, 0.2) is 0 Å². The predicted octanol–water partition coefficient (Wildman–Crippen LogP) is 4.28. The summed E-state index contributed by atoms with van der Waals surface area (Å²) >= 11 is 0. The Hall–Kier alpha value is 1.02. The van der Waals surface area contributed by atoms with E-state index < -0.39 is 47.9 Å². The third-order valence-corrected chi connectivity index (χ3v) is 16.6. The molecular weight excluding hydrogens is 509 g/mol. The first kappa shape index (κ1) is 33.0. The van der Waals surface area contributed by atoms with Crippen LogP contribution < -0.4 is 0 Å². The smallest absolute Gasteiger partial charge is 0.425 e. The van der Waals surface area contributed by atoms with Crippen molar-refractivity contribution in [3.05, 3.63) is 6.10 Å². The molecule has 193 valence electrons. The summed E-state index contributed by atoms with van der Waals surface area (Å²) in [5.41, 5.74) is 0. The molecule has 0 rings (SSSR count). The van der Waals surface area contributed by atoms with E-state index in [0.717, 1.165) is 6.42 Å². The topological polar surface area (TPSA) is 75.6 Å². The van der Waals surface area contributed by atoms with Crippen molar-refractivity contribution in [3.63, 3.8) is 0 Å². The molecule has 1 atom stereocenters. The number of aliphatic hydroxyl groups is 1. The zero-order valence-electron chi connectivity index (χ0n) is 23.2. The summed E-state index contributed by atoms with van der Waals surface area (Å²) in [4.78, 5) is 0. The van der Waals surface area contributed by atoms with Gasteiger partial charge in [0.2, 0.25) is 5.79 Å². The molecule has 1 radical (unpaired) electrons. The molecule has 0 aromatic rings. The summed E-state index contributed by atoms with van der Waals surface area (Å²) in [5, 5.41) is 10.4. The number of aliphatic hydroxyl groups excluding tert-OH is 1. The summed E-state index contributed by atoms with van der Waals surface area (Å²) in [6.45, 7) is 25.4. The van der Waals surface area contributed by atoms with Crippen LogP contribution in [-0.2, 0) is 25.9 Å². The first-order valence-electron chi connectivity index (χ1n) is 11.5. The molecule has 1 unspecified atom stereocenters. The third-order valence-electron chi connectivity index (χ3n) is 3.98. The van der Waals surface area contributed by atoms with E-state index in [0.29, 0.717) is 29.1 Å². The van der Waals surface area contributed by atoms with Crippen molar-refractivity contribution < 1.29 is 31.0 Å². The molecule has 7 nitrogen and oxygen atoms in total. The molecule has 0 aromatic heterocycles. The van der Waals surface area contributed by atoms with E-state index in [9.17, 15) is 5.11 Å². The van der Waals surface area contributed by atoms with Crippen molar-refractivity contribution in [3.8, 4) is 0 Å². The molecule has 0 aliphatic carbocycles. The van der Waals surface area contributed by atoms with E-state index >= 15 is 0 Å². The summed E-state index contributed by atoms with van der Waals surface area (Å²) < 4.78 is 38.0. The minimum Gasteiger partial charge on any atom is -0.425 e. The van der Waals surface area contributed by atoms with E-state index in [1.54, 1.807) is 7.11 Å². The standard InChI is InChI=1S/C19H51O7Si6/c1-21-19(17-20,23-29(5,6)7)18(22-28(2,3)4)15-14-16-32(24-27,25-30(8,9)10)26-31(11,12)13/h20H,14-17H2,1-13,27H3. The van der Waals surface area contributed by atoms with Crippen LogP contribution in [0.5, 0.6) is 0 Å². The van der Waals surface area contributed by atoms with Gasteiger partial charge in [0, 0.05) is 13.2 Å². The largest absolute Gasteiger partial charge is 0.468 e. The average Bonchev–Trinajstić information content (AvgIpc) is 2.54. The van der Waals surface area contributed by atoms with Crippen LogP contribution in [0.2, 0.25) is 84.6 Å². The zero-order valence-corrected chi connectivity index (χ0v) is 30.2. The lowest BCUT2D eigenvalue weighted by Gasteiger charge is -2.43. The second-order valence-corrected chi connectivity index (χ2v) is 34.6. The Morgan fingerprint density at radius 2 is 1.25 bits per heavy atom. The number of hydrogen-bond acceptors (Lipinski definition) is 7. The van der Waals surface area contributed by atoms with Gasteiger partial charge in [-0.1, -0.05) is 0 Å². The highest BCUT2D eigenvalue weighted by atomic mass is 28.5. The van der Waals surface area contributed by atoms with E-state index in [4.69, 9.17) is 25.9 Å². The second kappa shape index (κ2) is 12.3. The summed E-state index contributed by atoms with van der Waals surface area (Å²) in [6, 6.07) is 0.710. The Labute approximate surface area is 206 Å². The summed E-state index contributed by atoms with van der Waals surface area (Å²) in [6.07, 6.45) is 2.01. The molecule has 0 spiro atoms. The van der Waals surface area contributed by atoms with Crippen molar-refractivity contribution in [1.29, 1.82) is 0 Å². The number of hydrogen-bond donors (Lipinski definition) is 1. The van der Waals surface area contributed by atoms with Gasteiger partial charge in [0.15, 0.2) is 33.3 Å². The van der Waals surface area contributed by atoms with E-state index in [1.165, 1.54) is 0 Å². The van der Waals surface area contributed by atoms with Crippen molar-refractivity contribution in [2.45, 2.75) is 103 Å². The van der Waals surface area contributed by atoms with E-state index in [2.05, 4.69) is 78.6 Å². The molecule has 0 amide bonds. The van der Waals surface area contributed by atoms with Gasteiger partial charge in [0.05, 0.1) is 6.61 Å². The highest BCUT2D eigenvalue weighted by Crippen LogP contribution is 2.37. The van der Waals surface area contributed by atoms with Gasteiger partial charge < -0.3 is 31.0 Å². The Morgan fingerprint density at radius 3 is 1.53 bits per heavy atom. The molecule has 0 aliphatic rings. The van der Waals surface area contributed by atoms with Crippen LogP contribution in [0, 0.1) is 6.10 Å². The molecule has 0 saturated heterocycles. The molecule has 32 heavy (non-hydrogen) atoms. The normalized spacial score (nSPS) is 16.6. The molecule has 0 bridgehead atoms. The third kappa shape index (κ3) is 13.2. The minimum atomic E-state index is -2.80. The van der Waals surface area contributed by atoms with Gasteiger partial charge >= 0.3 is 8.80 Å². The fourth-order valence-electron chi connectivity index (χ4n) is 3.29. The van der Waals surface area contributed by atoms with Crippen LogP contribution in [0.1, 0.15) is 12.8 Å². The van der Waals surface area contributed by atoms with Gasteiger partial charge in [-0.25, -0.2) is 0 Å². The fraction of sp³-hybridized carbons (Fsp3) is 0.947. The monoisotopic (exact) mass is 559 g/mol. The van der Waals surface area contributed by atoms with Crippen LogP contribution in [0.3, 0.4) is 0 Å². The number of ether oxygens (including phenoxy) is 1. The molecule has 13 heteroatoms. The van der Waals surface area contributed by atoms with Crippen LogP contribution in [0.25, 0.3) is 0 Å². The quantitative estimate of drug-likeness (QED) is 0.223. The van der Waals surface area contributed by atoms with Gasteiger partial charge in [-0.15, -0.1) is 0 Å². The Morgan fingerprint density at radius 1 is 0.781 bits per heavy atom. The van der Waals surface area contributed by atoms with Crippen molar-refractivity contribution in [1.82, 2.24) is 0 Å². The SMILES string of the molecule is COC(CO)(O[Si](C)(C)C)[C](CCC[Si](O[SiH3])(O[Si](C)(C)C)O[Si](C)(C)C)O[Si](C)(C)C.